The molecule has 0 fully saturated rings. The van der Waals surface area contributed by atoms with Gasteiger partial charge in [0.15, 0.2) is 0 Å². The molecule has 1 unspecified atom stereocenters. The van der Waals surface area contributed by atoms with Gasteiger partial charge in [-0.15, -0.1) is 0 Å². The second kappa shape index (κ2) is 11.9. The van der Waals surface area contributed by atoms with Crippen LogP contribution in [0.1, 0.15) is 44.2 Å². The number of halogens is 3. The van der Waals surface area contributed by atoms with Gasteiger partial charge in [0, 0.05) is 13.1 Å². The molecule has 0 aliphatic rings. The summed E-state index contributed by atoms with van der Waals surface area (Å²) in [6, 6.07) is 10.3. The summed E-state index contributed by atoms with van der Waals surface area (Å²) in [5.41, 5.74) is 1.46. The summed E-state index contributed by atoms with van der Waals surface area (Å²) < 4.78 is 13.2. The molecule has 7 heteroatoms. The third-order valence-electron chi connectivity index (χ3n) is 4.82. The molecule has 0 aliphatic heterocycles. The maximum absolute atomic E-state index is 13.2. The van der Waals surface area contributed by atoms with Crippen LogP contribution in [0, 0.1) is 5.82 Å². The highest BCUT2D eigenvalue weighted by molar-refractivity contribution is 6.42. The van der Waals surface area contributed by atoms with E-state index in [4.69, 9.17) is 23.2 Å². The molecule has 0 saturated heterocycles. The largest absolute Gasteiger partial charge is 0.354 e. The van der Waals surface area contributed by atoms with E-state index in [1.54, 1.807) is 35.2 Å². The summed E-state index contributed by atoms with van der Waals surface area (Å²) in [5.74, 6) is -0.760. The fraction of sp³-hybridized carbons (Fsp3) is 0.391. The first-order valence-corrected chi connectivity index (χ1v) is 10.9. The molecule has 162 valence electrons. The van der Waals surface area contributed by atoms with Crippen LogP contribution in [0.4, 0.5) is 4.39 Å². The number of nitrogens with one attached hydrogen (secondary N) is 1. The zero-order valence-corrected chi connectivity index (χ0v) is 18.8. The Labute approximate surface area is 187 Å². The molecule has 2 amide bonds. The first kappa shape index (κ1) is 24.2. The molecule has 30 heavy (non-hydrogen) atoms. The molecule has 0 bridgehead atoms. The number of nitrogens with zero attached hydrogens (tertiary/aromatic N) is 1. The fourth-order valence-corrected chi connectivity index (χ4v) is 3.46. The molecule has 2 aromatic rings. The normalized spacial score (nSPS) is 11.8. The summed E-state index contributed by atoms with van der Waals surface area (Å²) in [7, 11) is 0. The van der Waals surface area contributed by atoms with E-state index in [0.717, 1.165) is 18.4 Å². The van der Waals surface area contributed by atoms with Gasteiger partial charge < -0.3 is 10.2 Å². The molecule has 0 radical (unpaired) electrons. The number of unbranched alkanes of at least 4 members (excludes halogenated alkanes) is 1. The van der Waals surface area contributed by atoms with Crippen molar-refractivity contribution < 1.29 is 14.0 Å². The van der Waals surface area contributed by atoms with Crippen molar-refractivity contribution in [2.75, 3.05) is 6.54 Å². The molecule has 0 heterocycles. The number of carbonyl (C=O) groups is 2. The molecule has 0 aromatic heterocycles. The Morgan fingerprint density at radius 1 is 1.03 bits per heavy atom. The summed E-state index contributed by atoms with van der Waals surface area (Å²) in [6.45, 7) is 4.71. The van der Waals surface area contributed by atoms with Gasteiger partial charge in [0.1, 0.15) is 11.9 Å². The van der Waals surface area contributed by atoms with Crippen LogP contribution in [0.25, 0.3) is 0 Å². The van der Waals surface area contributed by atoms with E-state index in [1.165, 1.54) is 12.1 Å². The highest BCUT2D eigenvalue weighted by atomic mass is 35.5. The van der Waals surface area contributed by atoms with Gasteiger partial charge >= 0.3 is 0 Å². The minimum absolute atomic E-state index is 0.0698. The molecule has 0 spiro atoms. The first-order valence-electron chi connectivity index (χ1n) is 10.1. The summed E-state index contributed by atoms with van der Waals surface area (Å²) in [4.78, 5) is 27.5. The lowest BCUT2D eigenvalue weighted by molar-refractivity contribution is -0.140. The summed E-state index contributed by atoms with van der Waals surface area (Å²) in [6.07, 6.45) is 2.38. The molecule has 2 aromatic carbocycles. The third kappa shape index (κ3) is 6.99. The minimum atomic E-state index is -0.621. The van der Waals surface area contributed by atoms with Crippen molar-refractivity contribution in [3.8, 4) is 0 Å². The molecule has 1 N–H and O–H groups in total. The van der Waals surface area contributed by atoms with Crippen LogP contribution in [0.5, 0.6) is 0 Å². The van der Waals surface area contributed by atoms with Crippen molar-refractivity contribution >= 4 is 35.0 Å². The topological polar surface area (TPSA) is 49.4 Å². The Morgan fingerprint density at radius 3 is 2.30 bits per heavy atom. The highest BCUT2D eigenvalue weighted by Crippen LogP contribution is 2.24. The van der Waals surface area contributed by atoms with Crippen molar-refractivity contribution in [2.24, 2.45) is 0 Å². The van der Waals surface area contributed by atoms with Gasteiger partial charge in [-0.3, -0.25) is 9.59 Å². The summed E-state index contributed by atoms with van der Waals surface area (Å²) >= 11 is 12.1. The van der Waals surface area contributed by atoms with E-state index < -0.39 is 6.04 Å². The van der Waals surface area contributed by atoms with Crippen LogP contribution in [-0.2, 0) is 22.6 Å². The van der Waals surface area contributed by atoms with Crippen LogP contribution in [-0.4, -0.2) is 29.3 Å². The molecule has 4 nitrogen and oxygen atoms in total. The maximum Gasteiger partial charge on any atom is 0.242 e. The predicted molar refractivity (Wildman–Crippen MR) is 119 cm³/mol. The fourth-order valence-electron chi connectivity index (χ4n) is 3.14. The van der Waals surface area contributed by atoms with E-state index in [9.17, 15) is 14.0 Å². The maximum atomic E-state index is 13.2. The van der Waals surface area contributed by atoms with E-state index in [2.05, 4.69) is 5.32 Å². The van der Waals surface area contributed by atoms with Crippen molar-refractivity contribution in [1.82, 2.24) is 10.2 Å². The Hall–Kier alpha value is -2.11. The highest BCUT2D eigenvalue weighted by Gasteiger charge is 2.28. The molecule has 2 rings (SSSR count). The van der Waals surface area contributed by atoms with Gasteiger partial charge in [-0.2, -0.15) is 0 Å². The van der Waals surface area contributed by atoms with Gasteiger partial charge in [-0.05, 0) is 48.2 Å². The van der Waals surface area contributed by atoms with Crippen molar-refractivity contribution in [1.29, 1.82) is 0 Å². The van der Waals surface area contributed by atoms with Gasteiger partial charge in [0.05, 0.1) is 16.5 Å². The molecule has 0 saturated carbocycles. The molecular formula is C23H27Cl2FN2O2. The number of benzene rings is 2. The number of carbonyl (C=O) groups excluding carboxylic acids is 2. The average Bonchev–Trinajstić information content (AvgIpc) is 2.72. The molecule has 0 aliphatic carbocycles. The lowest BCUT2D eigenvalue weighted by Crippen LogP contribution is -2.49. The van der Waals surface area contributed by atoms with Gasteiger partial charge in [-0.25, -0.2) is 4.39 Å². The second-order valence-electron chi connectivity index (χ2n) is 7.14. The smallest absolute Gasteiger partial charge is 0.242 e. The standard InChI is InChI=1S/C23H27Cl2FN2O2/c1-3-5-12-27-23(30)21(4-2)28(15-17-8-11-19(24)20(25)13-17)22(29)14-16-6-9-18(26)10-7-16/h6-11,13,21H,3-5,12,14-15H2,1-2H3,(H,27,30). The third-order valence-corrected chi connectivity index (χ3v) is 5.56. The van der Waals surface area contributed by atoms with Crippen LogP contribution < -0.4 is 5.32 Å². The zero-order valence-electron chi connectivity index (χ0n) is 17.3. The Morgan fingerprint density at radius 2 is 1.70 bits per heavy atom. The average molecular weight is 453 g/mol. The predicted octanol–water partition coefficient (Wildman–Crippen LogP) is 5.40. The number of hydrogen-bond acceptors (Lipinski definition) is 2. The van der Waals surface area contributed by atoms with Crippen LogP contribution in [0.15, 0.2) is 42.5 Å². The number of hydrogen-bond donors (Lipinski definition) is 1. The van der Waals surface area contributed by atoms with Gasteiger partial charge in [-0.1, -0.05) is 61.7 Å². The number of rotatable bonds is 10. The zero-order chi connectivity index (χ0) is 22.1. The van der Waals surface area contributed by atoms with E-state index in [1.807, 2.05) is 13.8 Å². The minimum Gasteiger partial charge on any atom is -0.354 e. The Kier molecular flexibility index (Phi) is 9.60. The van der Waals surface area contributed by atoms with E-state index in [-0.39, 0.29) is 30.6 Å². The Balaban J connectivity index is 2.26. The lowest BCUT2D eigenvalue weighted by atomic mass is 10.1. The van der Waals surface area contributed by atoms with Crippen LogP contribution in [0.3, 0.4) is 0 Å². The SMILES string of the molecule is CCCCNC(=O)C(CC)N(Cc1ccc(Cl)c(Cl)c1)C(=O)Cc1ccc(F)cc1. The van der Waals surface area contributed by atoms with Gasteiger partial charge in [0.25, 0.3) is 0 Å². The molecule has 1 atom stereocenters. The van der Waals surface area contributed by atoms with E-state index >= 15 is 0 Å². The quantitative estimate of drug-likeness (QED) is 0.490. The van der Waals surface area contributed by atoms with Crippen LogP contribution >= 0.6 is 23.2 Å². The molecular weight excluding hydrogens is 426 g/mol. The van der Waals surface area contributed by atoms with Crippen LogP contribution in [0.2, 0.25) is 10.0 Å². The van der Waals surface area contributed by atoms with E-state index in [0.29, 0.717) is 28.6 Å². The Bertz CT molecular complexity index is 859. The van der Waals surface area contributed by atoms with Crippen molar-refractivity contribution in [3.05, 3.63) is 69.5 Å². The number of amides is 2. The van der Waals surface area contributed by atoms with Crippen molar-refractivity contribution in [2.45, 2.75) is 52.1 Å². The van der Waals surface area contributed by atoms with Gasteiger partial charge in [0.2, 0.25) is 11.8 Å². The summed E-state index contributed by atoms with van der Waals surface area (Å²) in [5, 5.41) is 3.73. The monoisotopic (exact) mass is 452 g/mol. The van der Waals surface area contributed by atoms with Crippen molar-refractivity contribution in [3.63, 3.8) is 0 Å². The lowest BCUT2D eigenvalue weighted by Gasteiger charge is -2.31. The first-order chi connectivity index (χ1) is 14.3. The second-order valence-corrected chi connectivity index (χ2v) is 7.96.